The summed E-state index contributed by atoms with van der Waals surface area (Å²) in [6.07, 6.45) is -0.772. The van der Waals surface area contributed by atoms with E-state index in [1.165, 1.54) is 4.90 Å². The molecule has 1 aliphatic heterocycles. The maximum absolute atomic E-state index is 11.5. The minimum absolute atomic E-state index is 0.136. The molecule has 1 N–H and O–H groups in total. The Bertz CT molecular complexity index is 366. The molecule has 16 heavy (non-hydrogen) atoms. The molecule has 2 atom stereocenters. The van der Waals surface area contributed by atoms with Gasteiger partial charge in [-0.05, 0) is 12.5 Å². The van der Waals surface area contributed by atoms with Crippen molar-refractivity contribution < 1.29 is 14.6 Å². The monoisotopic (exact) mass is 221 g/mol. The second kappa shape index (κ2) is 4.53. The zero-order chi connectivity index (χ0) is 11.5. The SMILES string of the molecule is C[C@@H]1[C@@H](O)CN1C(=O)OCc1ccccc1. The van der Waals surface area contributed by atoms with Gasteiger partial charge in [0.2, 0.25) is 0 Å². The lowest BCUT2D eigenvalue weighted by molar-refractivity contribution is -0.0473. The van der Waals surface area contributed by atoms with Crippen LogP contribution in [0.15, 0.2) is 30.3 Å². The second-order valence-electron chi connectivity index (χ2n) is 4.00. The summed E-state index contributed by atoms with van der Waals surface area (Å²) < 4.78 is 5.13. The molecule has 1 aromatic rings. The Labute approximate surface area is 94.4 Å². The molecule has 0 aromatic heterocycles. The summed E-state index contributed by atoms with van der Waals surface area (Å²) in [5.41, 5.74) is 0.963. The van der Waals surface area contributed by atoms with E-state index in [9.17, 15) is 9.90 Å². The van der Waals surface area contributed by atoms with E-state index in [0.29, 0.717) is 6.54 Å². The highest BCUT2D eigenvalue weighted by Crippen LogP contribution is 2.18. The number of hydrogen-bond acceptors (Lipinski definition) is 3. The average molecular weight is 221 g/mol. The fraction of sp³-hybridized carbons (Fsp3) is 0.417. The largest absolute Gasteiger partial charge is 0.445 e. The van der Waals surface area contributed by atoms with Crippen molar-refractivity contribution in [3.05, 3.63) is 35.9 Å². The van der Waals surface area contributed by atoms with E-state index in [1.54, 1.807) is 6.92 Å². The summed E-state index contributed by atoms with van der Waals surface area (Å²) in [6.45, 7) is 2.45. The number of benzene rings is 1. The van der Waals surface area contributed by atoms with Crippen LogP contribution in [0.5, 0.6) is 0 Å². The minimum Gasteiger partial charge on any atom is -0.445 e. The molecule has 0 unspecified atom stereocenters. The van der Waals surface area contributed by atoms with Crippen molar-refractivity contribution >= 4 is 6.09 Å². The molecule has 0 spiro atoms. The third-order valence-corrected chi connectivity index (χ3v) is 2.87. The van der Waals surface area contributed by atoms with Gasteiger partial charge in [-0.3, -0.25) is 0 Å². The van der Waals surface area contributed by atoms with Crippen LogP contribution in [0.25, 0.3) is 0 Å². The van der Waals surface area contributed by atoms with Gasteiger partial charge in [0, 0.05) is 0 Å². The maximum Gasteiger partial charge on any atom is 0.410 e. The fourth-order valence-electron chi connectivity index (χ4n) is 1.63. The summed E-state index contributed by atoms with van der Waals surface area (Å²) in [7, 11) is 0. The third-order valence-electron chi connectivity index (χ3n) is 2.87. The molecule has 4 heteroatoms. The van der Waals surface area contributed by atoms with Gasteiger partial charge in [-0.25, -0.2) is 4.79 Å². The molecule has 1 aromatic carbocycles. The normalized spacial score (nSPS) is 23.8. The molecule has 1 amide bonds. The zero-order valence-electron chi connectivity index (χ0n) is 9.17. The van der Waals surface area contributed by atoms with E-state index >= 15 is 0 Å². The van der Waals surface area contributed by atoms with Crippen LogP contribution in [0.2, 0.25) is 0 Å². The number of amides is 1. The Morgan fingerprint density at radius 2 is 2.19 bits per heavy atom. The van der Waals surface area contributed by atoms with Gasteiger partial charge < -0.3 is 14.7 Å². The Morgan fingerprint density at radius 1 is 1.50 bits per heavy atom. The molecule has 4 nitrogen and oxygen atoms in total. The van der Waals surface area contributed by atoms with Gasteiger partial charge in [-0.15, -0.1) is 0 Å². The quantitative estimate of drug-likeness (QED) is 0.821. The van der Waals surface area contributed by atoms with Crippen molar-refractivity contribution in [1.82, 2.24) is 4.90 Å². The van der Waals surface area contributed by atoms with Crippen molar-refractivity contribution in [3.63, 3.8) is 0 Å². The van der Waals surface area contributed by atoms with Gasteiger partial charge in [-0.1, -0.05) is 30.3 Å². The number of carbonyl (C=O) groups excluding carboxylic acids is 1. The molecule has 0 bridgehead atoms. The van der Waals surface area contributed by atoms with Crippen LogP contribution >= 0.6 is 0 Å². The lowest BCUT2D eigenvalue weighted by Crippen LogP contribution is -2.60. The van der Waals surface area contributed by atoms with Crippen LogP contribution in [0.3, 0.4) is 0 Å². The lowest BCUT2D eigenvalue weighted by Gasteiger charge is -2.42. The van der Waals surface area contributed by atoms with Crippen molar-refractivity contribution in [1.29, 1.82) is 0 Å². The summed E-state index contributed by atoms with van der Waals surface area (Å²) in [5, 5.41) is 9.27. The third kappa shape index (κ3) is 2.17. The summed E-state index contributed by atoms with van der Waals surface area (Å²) in [6, 6.07) is 9.39. The first-order valence-corrected chi connectivity index (χ1v) is 5.34. The Morgan fingerprint density at radius 3 is 2.75 bits per heavy atom. The van der Waals surface area contributed by atoms with Gasteiger partial charge in [0.1, 0.15) is 6.61 Å². The van der Waals surface area contributed by atoms with Gasteiger partial charge >= 0.3 is 6.09 Å². The van der Waals surface area contributed by atoms with Crippen LogP contribution in [-0.4, -0.2) is 34.8 Å². The maximum atomic E-state index is 11.5. The number of aliphatic hydroxyl groups is 1. The number of aliphatic hydroxyl groups excluding tert-OH is 1. The topological polar surface area (TPSA) is 49.8 Å². The molecule has 1 saturated heterocycles. The predicted octanol–water partition coefficient (Wildman–Crippen LogP) is 1.39. The van der Waals surface area contributed by atoms with Crippen LogP contribution in [0, 0.1) is 0 Å². The number of likely N-dealkylation sites (tertiary alicyclic amines) is 1. The average Bonchev–Trinajstić information content (AvgIpc) is 2.33. The van der Waals surface area contributed by atoms with E-state index in [1.807, 2.05) is 30.3 Å². The molecule has 2 rings (SSSR count). The van der Waals surface area contributed by atoms with Crippen LogP contribution in [0.1, 0.15) is 12.5 Å². The Kier molecular flexibility index (Phi) is 3.10. The van der Waals surface area contributed by atoms with E-state index in [-0.39, 0.29) is 18.7 Å². The molecule has 1 heterocycles. The van der Waals surface area contributed by atoms with Gasteiger partial charge in [0.05, 0.1) is 18.7 Å². The minimum atomic E-state index is -0.413. The highest BCUT2D eigenvalue weighted by atomic mass is 16.6. The smallest absolute Gasteiger partial charge is 0.410 e. The highest BCUT2D eigenvalue weighted by Gasteiger charge is 2.38. The van der Waals surface area contributed by atoms with Crippen LogP contribution < -0.4 is 0 Å². The second-order valence-corrected chi connectivity index (χ2v) is 4.00. The van der Waals surface area contributed by atoms with E-state index in [2.05, 4.69) is 0 Å². The summed E-state index contributed by atoms with van der Waals surface area (Å²) in [4.78, 5) is 13.1. The molecule has 1 aliphatic rings. The molecule has 0 radical (unpaired) electrons. The van der Waals surface area contributed by atoms with Gasteiger partial charge in [-0.2, -0.15) is 0 Å². The van der Waals surface area contributed by atoms with Gasteiger partial charge in [0.15, 0.2) is 0 Å². The summed E-state index contributed by atoms with van der Waals surface area (Å²) >= 11 is 0. The zero-order valence-corrected chi connectivity index (χ0v) is 9.17. The molecule has 86 valence electrons. The number of carbonyl (C=O) groups is 1. The van der Waals surface area contributed by atoms with E-state index < -0.39 is 6.10 Å². The van der Waals surface area contributed by atoms with Crippen molar-refractivity contribution in [2.24, 2.45) is 0 Å². The highest BCUT2D eigenvalue weighted by molar-refractivity contribution is 5.69. The first-order valence-electron chi connectivity index (χ1n) is 5.34. The van der Waals surface area contributed by atoms with Crippen LogP contribution in [-0.2, 0) is 11.3 Å². The van der Waals surface area contributed by atoms with E-state index in [0.717, 1.165) is 5.56 Å². The van der Waals surface area contributed by atoms with Crippen LogP contribution in [0.4, 0.5) is 4.79 Å². The number of hydrogen-bond donors (Lipinski definition) is 1. The molecule has 0 saturated carbocycles. The number of nitrogens with zero attached hydrogens (tertiary/aromatic N) is 1. The number of β-amino-alcohol motifs (C(OH)–C–C–N with tert-alkyl or cyclic N) is 1. The predicted molar refractivity (Wildman–Crippen MR) is 58.8 cm³/mol. The van der Waals surface area contributed by atoms with E-state index in [4.69, 9.17) is 4.74 Å². The molecule has 0 aliphatic carbocycles. The van der Waals surface area contributed by atoms with Crippen molar-refractivity contribution in [2.45, 2.75) is 25.7 Å². The standard InChI is InChI=1S/C12H15NO3/c1-9-11(14)7-13(9)12(15)16-8-10-5-3-2-4-6-10/h2-6,9,11,14H,7-8H2,1H3/t9-,11+/m1/s1. The molecule has 1 fully saturated rings. The number of ether oxygens (including phenoxy) is 1. The number of rotatable bonds is 2. The van der Waals surface area contributed by atoms with Gasteiger partial charge in [0.25, 0.3) is 0 Å². The fourth-order valence-corrected chi connectivity index (χ4v) is 1.63. The van der Waals surface area contributed by atoms with Crippen molar-refractivity contribution in [2.75, 3.05) is 6.54 Å². The lowest BCUT2D eigenvalue weighted by atomic mass is 10.0. The first kappa shape index (κ1) is 11.0. The first-order chi connectivity index (χ1) is 7.68. The summed E-state index contributed by atoms with van der Waals surface area (Å²) in [5.74, 6) is 0. The Hall–Kier alpha value is -1.55. The molecular formula is C12H15NO3. The Balaban J connectivity index is 1.81. The molecular weight excluding hydrogens is 206 g/mol. The van der Waals surface area contributed by atoms with Crippen molar-refractivity contribution in [3.8, 4) is 0 Å².